The molecule has 0 atom stereocenters. The van der Waals surface area contributed by atoms with Crippen molar-refractivity contribution >= 4 is 17.6 Å². The molecule has 0 bridgehead atoms. The van der Waals surface area contributed by atoms with E-state index in [1.54, 1.807) is 12.1 Å². The van der Waals surface area contributed by atoms with Crippen LogP contribution >= 0.6 is 0 Å². The summed E-state index contributed by atoms with van der Waals surface area (Å²) in [6.45, 7) is 2.03. The molecule has 0 radical (unpaired) electrons. The Morgan fingerprint density at radius 1 is 1.27 bits per heavy atom. The topological polar surface area (TPSA) is 57.6 Å². The van der Waals surface area contributed by atoms with Gasteiger partial charge < -0.3 is 10.0 Å². The van der Waals surface area contributed by atoms with Crippen LogP contribution in [-0.4, -0.2) is 24.0 Å². The summed E-state index contributed by atoms with van der Waals surface area (Å²) in [7, 11) is 1.44. The van der Waals surface area contributed by atoms with Gasteiger partial charge >= 0.3 is 11.9 Å². The maximum atomic E-state index is 11.1. The number of rotatable bonds is 2. The number of carboxylic acid groups (broad SMARTS) is 1. The van der Waals surface area contributed by atoms with Gasteiger partial charge in [-0.25, -0.2) is 4.79 Å². The van der Waals surface area contributed by atoms with Crippen LogP contribution in [0.25, 0.3) is 0 Å². The number of aryl methyl sites for hydroxylation is 1. The highest BCUT2D eigenvalue weighted by Gasteiger charge is 2.18. The molecule has 0 saturated heterocycles. The van der Waals surface area contributed by atoms with Gasteiger partial charge in [-0.2, -0.15) is 0 Å². The van der Waals surface area contributed by atoms with Crippen LogP contribution < -0.4 is 4.90 Å². The van der Waals surface area contributed by atoms with Crippen LogP contribution in [-0.2, 0) is 16.0 Å². The third-order valence-corrected chi connectivity index (χ3v) is 2.22. The first-order chi connectivity index (χ1) is 7.06. The Kier molecular flexibility index (Phi) is 3.44. The molecule has 0 aliphatic rings. The van der Waals surface area contributed by atoms with Crippen molar-refractivity contribution in [3.05, 3.63) is 29.8 Å². The number of likely N-dealkylation sites (N-methyl/N-ethyl adjacent to an activating group) is 1. The minimum atomic E-state index is -1.45. The molecule has 80 valence electrons. The van der Waals surface area contributed by atoms with E-state index < -0.39 is 11.9 Å². The maximum absolute atomic E-state index is 11.1. The molecule has 1 amide bonds. The maximum Gasteiger partial charge on any atom is 0.394 e. The highest BCUT2D eigenvalue weighted by molar-refractivity contribution is 6.37. The Hall–Kier alpha value is -1.84. The van der Waals surface area contributed by atoms with Crippen molar-refractivity contribution in [2.24, 2.45) is 0 Å². The van der Waals surface area contributed by atoms with Gasteiger partial charge in [0.2, 0.25) is 0 Å². The summed E-state index contributed by atoms with van der Waals surface area (Å²) in [5.41, 5.74) is 1.73. The zero-order chi connectivity index (χ0) is 11.4. The van der Waals surface area contributed by atoms with Gasteiger partial charge in [0.1, 0.15) is 0 Å². The monoisotopic (exact) mass is 207 g/mol. The molecule has 1 rings (SSSR count). The number of hydrogen-bond donors (Lipinski definition) is 1. The van der Waals surface area contributed by atoms with E-state index in [1.807, 2.05) is 19.1 Å². The van der Waals surface area contributed by atoms with Crippen molar-refractivity contribution in [1.29, 1.82) is 0 Å². The quantitative estimate of drug-likeness (QED) is 0.743. The van der Waals surface area contributed by atoms with Crippen LogP contribution in [0.15, 0.2) is 24.3 Å². The SMILES string of the molecule is CCc1ccc(N(C)C(=O)C(=O)O)cc1. The number of carbonyl (C=O) groups is 2. The number of aliphatic carboxylic acids is 1. The van der Waals surface area contributed by atoms with E-state index in [4.69, 9.17) is 5.11 Å². The fourth-order valence-electron chi connectivity index (χ4n) is 1.22. The molecule has 0 saturated carbocycles. The second kappa shape index (κ2) is 4.59. The predicted octanol–water partition coefficient (Wildman–Crippen LogP) is 1.30. The van der Waals surface area contributed by atoms with Crippen LogP contribution in [0.1, 0.15) is 12.5 Å². The van der Waals surface area contributed by atoms with Crippen molar-refractivity contribution in [1.82, 2.24) is 0 Å². The van der Waals surface area contributed by atoms with Gasteiger partial charge in [0.25, 0.3) is 0 Å². The minimum absolute atomic E-state index is 0.583. The second-order valence-corrected chi connectivity index (χ2v) is 3.19. The smallest absolute Gasteiger partial charge is 0.394 e. The lowest BCUT2D eigenvalue weighted by molar-refractivity contribution is -0.148. The fourth-order valence-corrected chi connectivity index (χ4v) is 1.22. The Labute approximate surface area is 88.1 Å². The van der Waals surface area contributed by atoms with E-state index in [0.29, 0.717) is 5.69 Å². The number of carboxylic acids is 1. The molecule has 15 heavy (non-hydrogen) atoms. The Bertz CT molecular complexity index is 370. The molecule has 0 aromatic heterocycles. The highest BCUT2D eigenvalue weighted by atomic mass is 16.4. The van der Waals surface area contributed by atoms with Crippen molar-refractivity contribution in [3.8, 4) is 0 Å². The van der Waals surface area contributed by atoms with E-state index >= 15 is 0 Å². The summed E-state index contributed by atoms with van der Waals surface area (Å²) in [6.07, 6.45) is 0.914. The number of carbonyl (C=O) groups excluding carboxylic acids is 1. The molecule has 0 unspecified atom stereocenters. The van der Waals surface area contributed by atoms with Crippen molar-refractivity contribution in [2.45, 2.75) is 13.3 Å². The number of benzene rings is 1. The van der Waals surface area contributed by atoms with Gasteiger partial charge in [0.15, 0.2) is 0 Å². The number of anilines is 1. The zero-order valence-electron chi connectivity index (χ0n) is 8.73. The lowest BCUT2D eigenvalue weighted by Crippen LogP contribution is -2.32. The average Bonchev–Trinajstić information content (AvgIpc) is 2.27. The van der Waals surface area contributed by atoms with Crippen LogP contribution in [0.3, 0.4) is 0 Å². The second-order valence-electron chi connectivity index (χ2n) is 3.19. The van der Waals surface area contributed by atoms with Crippen molar-refractivity contribution in [3.63, 3.8) is 0 Å². The first kappa shape index (κ1) is 11.2. The summed E-state index contributed by atoms with van der Waals surface area (Å²) >= 11 is 0. The number of nitrogens with zero attached hydrogens (tertiary/aromatic N) is 1. The van der Waals surface area contributed by atoms with Crippen LogP contribution in [0.2, 0.25) is 0 Å². The first-order valence-corrected chi connectivity index (χ1v) is 4.66. The normalized spacial score (nSPS) is 9.73. The number of hydrogen-bond acceptors (Lipinski definition) is 2. The van der Waals surface area contributed by atoms with Gasteiger partial charge in [-0.3, -0.25) is 4.79 Å². The zero-order valence-corrected chi connectivity index (χ0v) is 8.73. The molecule has 1 N–H and O–H groups in total. The first-order valence-electron chi connectivity index (χ1n) is 4.66. The molecule has 0 fully saturated rings. The van der Waals surface area contributed by atoms with E-state index in [9.17, 15) is 9.59 Å². The van der Waals surface area contributed by atoms with E-state index in [0.717, 1.165) is 16.9 Å². The van der Waals surface area contributed by atoms with Gasteiger partial charge in [0.05, 0.1) is 0 Å². The van der Waals surface area contributed by atoms with Crippen molar-refractivity contribution in [2.75, 3.05) is 11.9 Å². The van der Waals surface area contributed by atoms with Gasteiger partial charge in [0, 0.05) is 12.7 Å². The van der Waals surface area contributed by atoms with E-state index in [-0.39, 0.29) is 0 Å². The molecule has 1 aromatic carbocycles. The van der Waals surface area contributed by atoms with Crippen LogP contribution in [0.5, 0.6) is 0 Å². The lowest BCUT2D eigenvalue weighted by Gasteiger charge is -2.14. The Morgan fingerprint density at radius 2 is 1.80 bits per heavy atom. The Balaban J connectivity index is 2.87. The molecular weight excluding hydrogens is 194 g/mol. The highest BCUT2D eigenvalue weighted by Crippen LogP contribution is 2.14. The molecule has 0 spiro atoms. The number of amides is 1. The third kappa shape index (κ3) is 2.56. The summed E-state index contributed by atoms with van der Waals surface area (Å²) in [5, 5.41) is 8.52. The average molecular weight is 207 g/mol. The molecule has 4 nitrogen and oxygen atoms in total. The predicted molar refractivity (Wildman–Crippen MR) is 56.9 cm³/mol. The fraction of sp³-hybridized carbons (Fsp3) is 0.273. The standard InChI is InChI=1S/C11H13NO3/c1-3-8-4-6-9(7-5-8)12(2)10(13)11(14)15/h4-7H,3H2,1-2H3,(H,14,15). The third-order valence-electron chi connectivity index (χ3n) is 2.22. The summed E-state index contributed by atoms with van der Waals surface area (Å²) in [6, 6.07) is 7.22. The van der Waals surface area contributed by atoms with Gasteiger partial charge in [-0.05, 0) is 24.1 Å². The lowest BCUT2D eigenvalue weighted by atomic mass is 10.1. The molecule has 0 aliphatic carbocycles. The van der Waals surface area contributed by atoms with Crippen LogP contribution in [0.4, 0.5) is 5.69 Å². The molecule has 0 heterocycles. The van der Waals surface area contributed by atoms with Crippen molar-refractivity contribution < 1.29 is 14.7 Å². The molecular formula is C11H13NO3. The molecule has 1 aromatic rings. The largest absolute Gasteiger partial charge is 0.474 e. The summed E-state index contributed by atoms with van der Waals surface area (Å²) in [5.74, 6) is -2.38. The summed E-state index contributed by atoms with van der Waals surface area (Å²) in [4.78, 5) is 22.7. The molecule has 4 heteroatoms. The Morgan fingerprint density at radius 3 is 2.20 bits per heavy atom. The van der Waals surface area contributed by atoms with E-state index in [2.05, 4.69) is 0 Å². The van der Waals surface area contributed by atoms with E-state index in [1.165, 1.54) is 7.05 Å². The van der Waals surface area contributed by atoms with Gasteiger partial charge in [-0.15, -0.1) is 0 Å². The summed E-state index contributed by atoms with van der Waals surface area (Å²) < 4.78 is 0. The van der Waals surface area contributed by atoms with Crippen LogP contribution in [0, 0.1) is 0 Å². The van der Waals surface area contributed by atoms with Gasteiger partial charge in [-0.1, -0.05) is 19.1 Å². The molecule has 0 aliphatic heterocycles. The minimum Gasteiger partial charge on any atom is -0.474 e.